The molecular weight excluding hydrogens is 373 g/mol. The standard InChI is InChI=1S/C16H15Cl2NO4S/c1-19(2)24(21,22)14-7-4-11(5-8-14)16(20)23-10-12-3-6-13(17)9-15(12)18/h3-9H,10H2,1-2H3. The number of benzene rings is 2. The molecule has 0 saturated carbocycles. The first-order valence-electron chi connectivity index (χ1n) is 6.85. The van der Waals surface area contributed by atoms with Crippen molar-refractivity contribution in [2.45, 2.75) is 11.5 Å². The molecule has 0 aliphatic heterocycles. The van der Waals surface area contributed by atoms with Gasteiger partial charge in [0.2, 0.25) is 10.0 Å². The fraction of sp³-hybridized carbons (Fsp3) is 0.188. The van der Waals surface area contributed by atoms with Crippen molar-refractivity contribution in [1.29, 1.82) is 0 Å². The highest BCUT2D eigenvalue weighted by Gasteiger charge is 2.18. The van der Waals surface area contributed by atoms with E-state index in [0.717, 1.165) is 4.31 Å². The summed E-state index contributed by atoms with van der Waals surface area (Å²) in [6.45, 7) is -0.00736. The summed E-state index contributed by atoms with van der Waals surface area (Å²) in [6, 6.07) is 10.4. The number of nitrogens with zero attached hydrogens (tertiary/aromatic N) is 1. The van der Waals surface area contributed by atoms with E-state index in [1.165, 1.54) is 38.4 Å². The first-order chi connectivity index (χ1) is 11.2. The van der Waals surface area contributed by atoms with Gasteiger partial charge in [-0.05, 0) is 36.4 Å². The molecule has 24 heavy (non-hydrogen) atoms. The highest BCUT2D eigenvalue weighted by atomic mass is 35.5. The third-order valence-corrected chi connectivity index (χ3v) is 5.66. The summed E-state index contributed by atoms with van der Waals surface area (Å²) in [5.41, 5.74) is 0.874. The average Bonchev–Trinajstić information content (AvgIpc) is 2.53. The van der Waals surface area contributed by atoms with Crippen molar-refractivity contribution in [2.75, 3.05) is 14.1 Å². The summed E-state index contributed by atoms with van der Waals surface area (Å²) in [5, 5.41) is 0.899. The van der Waals surface area contributed by atoms with Crippen LogP contribution >= 0.6 is 23.2 Å². The molecule has 0 amide bonds. The van der Waals surface area contributed by atoms with E-state index in [9.17, 15) is 13.2 Å². The Labute approximate surface area is 150 Å². The van der Waals surface area contributed by atoms with E-state index < -0.39 is 16.0 Å². The molecule has 0 spiro atoms. The SMILES string of the molecule is CN(C)S(=O)(=O)c1ccc(C(=O)OCc2ccc(Cl)cc2Cl)cc1. The summed E-state index contributed by atoms with van der Waals surface area (Å²) in [6.07, 6.45) is 0. The number of ether oxygens (including phenoxy) is 1. The highest BCUT2D eigenvalue weighted by molar-refractivity contribution is 7.89. The van der Waals surface area contributed by atoms with Crippen LogP contribution in [0.25, 0.3) is 0 Å². The number of rotatable bonds is 5. The molecule has 8 heteroatoms. The number of sulfonamides is 1. The smallest absolute Gasteiger partial charge is 0.338 e. The first kappa shape index (κ1) is 18.7. The van der Waals surface area contributed by atoms with Crippen molar-refractivity contribution in [3.8, 4) is 0 Å². The van der Waals surface area contributed by atoms with Gasteiger partial charge >= 0.3 is 5.97 Å². The van der Waals surface area contributed by atoms with Crippen molar-refractivity contribution >= 4 is 39.2 Å². The minimum Gasteiger partial charge on any atom is -0.457 e. The van der Waals surface area contributed by atoms with Gasteiger partial charge in [0.25, 0.3) is 0 Å². The Morgan fingerprint density at radius 1 is 1.08 bits per heavy atom. The Hall–Kier alpha value is -1.60. The van der Waals surface area contributed by atoms with Crippen LogP contribution in [0, 0.1) is 0 Å². The van der Waals surface area contributed by atoms with Crippen molar-refractivity contribution in [2.24, 2.45) is 0 Å². The van der Waals surface area contributed by atoms with Crippen LogP contribution in [0.15, 0.2) is 47.4 Å². The maximum atomic E-state index is 12.0. The summed E-state index contributed by atoms with van der Waals surface area (Å²) in [5.74, 6) is -0.574. The normalized spacial score (nSPS) is 11.5. The van der Waals surface area contributed by atoms with E-state index in [2.05, 4.69) is 0 Å². The van der Waals surface area contributed by atoms with Gasteiger partial charge in [-0.2, -0.15) is 0 Å². The highest BCUT2D eigenvalue weighted by Crippen LogP contribution is 2.22. The number of hydrogen-bond acceptors (Lipinski definition) is 4. The van der Waals surface area contributed by atoms with Crippen molar-refractivity contribution in [1.82, 2.24) is 4.31 Å². The van der Waals surface area contributed by atoms with Crippen LogP contribution in [0.5, 0.6) is 0 Å². The fourth-order valence-corrected chi connectivity index (χ4v) is 3.20. The maximum Gasteiger partial charge on any atom is 0.338 e. The Bertz CT molecular complexity index is 849. The van der Waals surface area contributed by atoms with Crippen LogP contribution in [-0.4, -0.2) is 32.8 Å². The predicted molar refractivity (Wildman–Crippen MR) is 92.9 cm³/mol. The zero-order chi connectivity index (χ0) is 17.9. The fourth-order valence-electron chi connectivity index (χ4n) is 1.84. The number of hydrogen-bond donors (Lipinski definition) is 0. The molecule has 0 aliphatic rings. The van der Waals surface area contributed by atoms with Crippen LogP contribution in [0.1, 0.15) is 15.9 Å². The van der Waals surface area contributed by atoms with Gasteiger partial charge < -0.3 is 4.74 Å². The molecule has 2 aromatic rings. The zero-order valence-corrected chi connectivity index (χ0v) is 15.3. The van der Waals surface area contributed by atoms with E-state index >= 15 is 0 Å². The minimum absolute atomic E-state index is 0.00736. The molecule has 0 aliphatic carbocycles. The largest absolute Gasteiger partial charge is 0.457 e. The van der Waals surface area contributed by atoms with Gasteiger partial charge in [-0.25, -0.2) is 17.5 Å². The van der Waals surface area contributed by atoms with Gasteiger partial charge in [0.15, 0.2) is 0 Å². The molecule has 0 aromatic heterocycles. The number of carbonyl (C=O) groups is 1. The topological polar surface area (TPSA) is 63.7 Å². The summed E-state index contributed by atoms with van der Waals surface area (Å²) in [4.78, 5) is 12.1. The molecule has 0 saturated heterocycles. The van der Waals surface area contributed by atoms with Crippen molar-refractivity contribution < 1.29 is 17.9 Å². The number of carbonyl (C=O) groups excluding carboxylic acids is 1. The Morgan fingerprint density at radius 3 is 2.25 bits per heavy atom. The molecule has 5 nitrogen and oxygen atoms in total. The lowest BCUT2D eigenvalue weighted by Crippen LogP contribution is -2.22. The van der Waals surface area contributed by atoms with Gasteiger partial charge in [0.05, 0.1) is 10.5 Å². The van der Waals surface area contributed by atoms with E-state index in [0.29, 0.717) is 15.6 Å². The minimum atomic E-state index is -3.53. The number of esters is 1. The molecule has 2 aromatic carbocycles. The molecule has 0 bridgehead atoms. The zero-order valence-electron chi connectivity index (χ0n) is 13.0. The second-order valence-electron chi connectivity index (χ2n) is 5.12. The number of halogens is 2. The molecule has 128 valence electrons. The Balaban J connectivity index is 2.08. The summed E-state index contributed by atoms with van der Waals surface area (Å²) in [7, 11) is -0.657. The van der Waals surface area contributed by atoms with Gasteiger partial charge in [-0.15, -0.1) is 0 Å². The lowest BCUT2D eigenvalue weighted by Gasteiger charge is -2.11. The molecule has 0 N–H and O–H groups in total. The van der Waals surface area contributed by atoms with Crippen molar-refractivity contribution in [3.05, 3.63) is 63.6 Å². The van der Waals surface area contributed by atoms with E-state index in [1.807, 2.05) is 0 Å². The lowest BCUT2D eigenvalue weighted by molar-refractivity contribution is 0.0473. The van der Waals surface area contributed by atoms with Crippen LogP contribution in [0.4, 0.5) is 0 Å². The second kappa shape index (κ2) is 7.53. The van der Waals surface area contributed by atoms with Gasteiger partial charge in [0.1, 0.15) is 6.61 Å². The Kier molecular flexibility index (Phi) is 5.87. The van der Waals surface area contributed by atoms with E-state index in [1.54, 1.807) is 18.2 Å². The molecule has 0 radical (unpaired) electrons. The Morgan fingerprint density at radius 2 is 1.71 bits per heavy atom. The predicted octanol–water partition coefficient (Wildman–Crippen LogP) is 3.60. The maximum absolute atomic E-state index is 12.0. The first-order valence-corrected chi connectivity index (χ1v) is 9.05. The molecule has 0 atom stereocenters. The van der Waals surface area contributed by atoms with E-state index in [4.69, 9.17) is 27.9 Å². The third kappa shape index (κ3) is 4.27. The van der Waals surface area contributed by atoms with E-state index in [-0.39, 0.29) is 17.1 Å². The monoisotopic (exact) mass is 387 g/mol. The van der Waals surface area contributed by atoms with Gasteiger partial charge in [-0.1, -0.05) is 29.3 Å². The lowest BCUT2D eigenvalue weighted by atomic mass is 10.2. The second-order valence-corrected chi connectivity index (χ2v) is 8.12. The van der Waals surface area contributed by atoms with Gasteiger partial charge in [-0.3, -0.25) is 0 Å². The average molecular weight is 388 g/mol. The molecule has 0 heterocycles. The molecule has 2 rings (SSSR count). The van der Waals surface area contributed by atoms with Crippen LogP contribution < -0.4 is 0 Å². The van der Waals surface area contributed by atoms with Crippen molar-refractivity contribution in [3.63, 3.8) is 0 Å². The molecule has 0 unspecified atom stereocenters. The molecular formula is C16H15Cl2NO4S. The molecule has 0 fully saturated rings. The quantitative estimate of drug-likeness (QED) is 0.735. The van der Waals surface area contributed by atoms with Crippen LogP contribution in [0.3, 0.4) is 0 Å². The van der Waals surface area contributed by atoms with Gasteiger partial charge in [0, 0.05) is 29.7 Å². The summed E-state index contributed by atoms with van der Waals surface area (Å²) < 4.78 is 30.2. The van der Waals surface area contributed by atoms with Crippen LogP contribution in [0.2, 0.25) is 10.0 Å². The third-order valence-electron chi connectivity index (χ3n) is 3.24. The van der Waals surface area contributed by atoms with Crippen LogP contribution in [-0.2, 0) is 21.4 Å². The summed E-state index contributed by atoms with van der Waals surface area (Å²) >= 11 is 11.8.